The smallest absolute Gasteiger partial charge is 0.216 e. The van der Waals surface area contributed by atoms with Crippen molar-refractivity contribution in [1.82, 2.24) is 15.0 Å². The van der Waals surface area contributed by atoms with Crippen molar-refractivity contribution >= 4 is 35.3 Å². The van der Waals surface area contributed by atoms with Gasteiger partial charge < -0.3 is 14.4 Å². The van der Waals surface area contributed by atoms with E-state index in [4.69, 9.17) is 4.42 Å². The van der Waals surface area contributed by atoms with Gasteiger partial charge in [-0.2, -0.15) is 0 Å². The minimum absolute atomic E-state index is 0. The third kappa shape index (κ3) is 7.21. The third-order valence-corrected chi connectivity index (χ3v) is 9.48. The quantitative estimate of drug-likeness (QED) is 0.133. The summed E-state index contributed by atoms with van der Waals surface area (Å²) in [6.45, 7) is 18.2. The van der Waals surface area contributed by atoms with Gasteiger partial charge in [0.1, 0.15) is 0 Å². The number of fused-ring (bicyclic) bond motifs is 3. The Labute approximate surface area is 270 Å². The topological polar surface area (TPSA) is 51.8 Å². The molecule has 0 N–H and O–H groups in total. The first-order chi connectivity index (χ1) is 19.9. The predicted octanol–water partition coefficient (Wildman–Crippen LogP) is 9.36. The normalized spacial score (nSPS) is 11.7. The second-order valence-electron chi connectivity index (χ2n) is 13.1. The Hall–Kier alpha value is -3.44. The molecule has 0 fully saturated rings. The van der Waals surface area contributed by atoms with Crippen molar-refractivity contribution in [2.45, 2.75) is 65.6 Å². The van der Waals surface area contributed by atoms with Crippen LogP contribution in [0.4, 0.5) is 0 Å². The van der Waals surface area contributed by atoms with Gasteiger partial charge in [-0.15, -0.1) is 54.1 Å². The summed E-state index contributed by atoms with van der Waals surface area (Å²) >= 11 is 0. The zero-order valence-electron chi connectivity index (χ0n) is 26.2. The second-order valence-corrected chi connectivity index (χ2v) is 18.1. The molecule has 0 atom stereocenters. The van der Waals surface area contributed by atoms with Crippen molar-refractivity contribution in [2.24, 2.45) is 0 Å². The van der Waals surface area contributed by atoms with Crippen LogP contribution in [0.25, 0.3) is 44.6 Å². The maximum Gasteiger partial charge on any atom is 0.216 e. The molecule has 6 aromatic rings. The van der Waals surface area contributed by atoms with E-state index >= 15 is 0 Å². The van der Waals surface area contributed by atoms with E-state index in [0.717, 1.165) is 38.9 Å². The van der Waals surface area contributed by atoms with Gasteiger partial charge >= 0.3 is 0 Å². The first-order valence-electron chi connectivity index (χ1n) is 14.6. The van der Waals surface area contributed by atoms with Gasteiger partial charge in [-0.25, -0.2) is 4.98 Å². The van der Waals surface area contributed by atoms with Crippen LogP contribution in [-0.4, -0.2) is 23.0 Å². The number of hydrogen-bond donors (Lipinski definition) is 0. The number of nitrogens with zero attached hydrogens (tertiary/aromatic N) is 3. The fourth-order valence-corrected chi connectivity index (χ4v) is 6.75. The molecular weight excluding hydrogens is 723 g/mol. The summed E-state index contributed by atoms with van der Waals surface area (Å²) in [6, 6.07) is 28.9. The molecule has 223 valence electrons. The molecule has 6 rings (SSSR count). The van der Waals surface area contributed by atoms with Crippen LogP contribution < -0.4 is 5.19 Å². The van der Waals surface area contributed by atoms with Crippen molar-refractivity contribution in [3.8, 4) is 22.5 Å². The molecule has 0 unspecified atom stereocenters. The number of rotatable bonds is 4. The molecule has 0 bridgehead atoms. The van der Waals surface area contributed by atoms with Crippen LogP contribution >= 0.6 is 0 Å². The first kappa shape index (κ1) is 32.5. The van der Waals surface area contributed by atoms with Gasteiger partial charge in [0.05, 0.1) is 13.7 Å². The largest absolute Gasteiger partial charge is 0.486 e. The molecule has 0 aliphatic carbocycles. The van der Waals surface area contributed by atoms with Gasteiger partial charge in [-0.05, 0) is 51.7 Å². The van der Waals surface area contributed by atoms with Crippen LogP contribution in [0.15, 0.2) is 89.7 Å². The molecule has 4 heterocycles. The Morgan fingerprint density at radius 3 is 2.26 bits per heavy atom. The van der Waals surface area contributed by atoms with E-state index in [1.54, 1.807) is 6.20 Å². The van der Waals surface area contributed by atoms with Crippen LogP contribution in [0.1, 0.15) is 51.7 Å². The molecule has 0 saturated heterocycles. The minimum Gasteiger partial charge on any atom is -0.486 e. The summed E-state index contributed by atoms with van der Waals surface area (Å²) in [5.74, 6) is 0.534. The molecule has 0 aliphatic rings. The van der Waals surface area contributed by atoms with Gasteiger partial charge in [0, 0.05) is 44.1 Å². The van der Waals surface area contributed by atoms with Crippen molar-refractivity contribution in [1.29, 1.82) is 0 Å². The van der Waals surface area contributed by atoms with Gasteiger partial charge in [-0.3, -0.25) is 0 Å². The number of hydrogen-bond acceptors (Lipinski definition) is 4. The van der Waals surface area contributed by atoms with E-state index in [-0.39, 0.29) is 25.5 Å². The maximum atomic E-state index is 5.98. The molecule has 4 aromatic heterocycles. The fraction of sp³-hybridized carbons (Fsp3) is 0.270. The Kier molecular flexibility index (Phi) is 9.85. The Morgan fingerprint density at radius 2 is 1.58 bits per heavy atom. The molecule has 0 amide bonds. The van der Waals surface area contributed by atoms with E-state index in [0.29, 0.717) is 11.6 Å². The summed E-state index contributed by atoms with van der Waals surface area (Å²) in [7, 11) is -1.34. The summed E-state index contributed by atoms with van der Waals surface area (Å²) in [5, 5.41) is 3.54. The van der Waals surface area contributed by atoms with E-state index in [1.807, 2.05) is 48.7 Å². The number of furan rings is 1. The van der Waals surface area contributed by atoms with E-state index in [9.17, 15) is 0 Å². The molecule has 0 saturated carbocycles. The SMILES string of the molecule is CC(C)(C)c1ccnc(-c2[c-]ccc3c2oc2ncccc23)c1.CC(C)c1cc(-c2[c-]cccc2)ncc1[Si](C)(C)C.[Ir]. The summed E-state index contributed by atoms with van der Waals surface area (Å²) in [4.78, 5) is 13.5. The molecule has 0 aliphatic heterocycles. The Balaban J connectivity index is 0.000000196. The molecule has 6 heteroatoms. The monoisotopic (exact) mass is 762 g/mol. The Morgan fingerprint density at radius 1 is 0.791 bits per heavy atom. The van der Waals surface area contributed by atoms with E-state index < -0.39 is 8.07 Å². The van der Waals surface area contributed by atoms with Crippen molar-refractivity contribution in [2.75, 3.05) is 0 Å². The van der Waals surface area contributed by atoms with E-state index in [2.05, 4.69) is 112 Å². The van der Waals surface area contributed by atoms with Crippen molar-refractivity contribution in [3.05, 3.63) is 109 Å². The molecule has 1 radical (unpaired) electrons. The molecule has 2 aromatic carbocycles. The van der Waals surface area contributed by atoms with Crippen LogP contribution in [0, 0.1) is 12.1 Å². The third-order valence-electron chi connectivity index (χ3n) is 7.44. The predicted molar refractivity (Wildman–Crippen MR) is 178 cm³/mol. The molecule has 4 nitrogen and oxygen atoms in total. The van der Waals surface area contributed by atoms with Crippen molar-refractivity contribution < 1.29 is 24.5 Å². The first-order valence-corrected chi connectivity index (χ1v) is 18.1. The van der Waals surface area contributed by atoms with Crippen LogP contribution in [0.5, 0.6) is 0 Å². The summed E-state index contributed by atoms with van der Waals surface area (Å²) in [6.07, 6.45) is 5.69. The van der Waals surface area contributed by atoms with Crippen LogP contribution in [-0.2, 0) is 25.5 Å². The second kappa shape index (κ2) is 13.0. The number of benzene rings is 2. The molecular formula is C37H39IrN3OSi-2. The average molecular weight is 762 g/mol. The van der Waals surface area contributed by atoms with Crippen LogP contribution in [0.2, 0.25) is 19.6 Å². The number of aromatic nitrogens is 3. The van der Waals surface area contributed by atoms with Gasteiger partial charge in [0.25, 0.3) is 0 Å². The molecule has 0 spiro atoms. The maximum absolute atomic E-state index is 5.98. The van der Waals surface area contributed by atoms with E-state index in [1.165, 1.54) is 16.3 Å². The number of pyridine rings is 3. The zero-order valence-corrected chi connectivity index (χ0v) is 29.6. The van der Waals surface area contributed by atoms with Gasteiger partial charge in [0.15, 0.2) is 0 Å². The Bertz CT molecular complexity index is 1830. The fourth-order valence-electron chi connectivity index (χ4n) is 5.08. The zero-order chi connectivity index (χ0) is 30.1. The van der Waals surface area contributed by atoms with Crippen molar-refractivity contribution in [3.63, 3.8) is 0 Å². The summed E-state index contributed by atoms with van der Waals surface area (Å²) in [5.41, 5.74) is 8.06. The van der Waals surface area contributed by atoms with Gasteiger partial charge in [-0.1, -0.05) is 82.9 Å². The minimum atomic E-state index is -1.34. The standard InChI is InChI=1S/C20H17N2O.C17H22NSi.Ir/c1-20(2,3)13-9-11-21-17(12-13)16-7-4-6-14-15-8-5-10-22-19(15)23-18(14)16;1-13(2)15-11-16(14-9-7-6-8-10-14)18-12-17(15)19(3,4)5;/h4-6,8-12H,1-3H3;6-9,11-13H,1-5H3;/q2*-1;. The van der Waals surface area contributed by atoms with Gasteiger partial charge in [0.2, 0.25) is 5.71 Å². The van der Waals surface area contributed by atoms with Crippen LogP contribution in [0.3, 0.4) is 0 Å². The molecule has 43 heavy (non-hydrogen) atoms. The average Bonchev–Trinajstić information content (AvgIpc) is 3.36. The summed E-state index contributed by atoms with van der Waals surface area (Å²) < 4.78 is 5.98.